The predicted molar refractivity (Wildman–Crippen MR) is 138 cm³/mol. The van der Waals surface area contributed by atoms with Crippen molar-refractivity contribution >= 4 is 35.6 Å². The summed E-state index contributed by atoms with van der Waals surface area (Å²) >= 11 is 0. The Morgan fingerprint density at radius 2 is 1.77 bits per heavy atom. The number of ether oxygens (including phenoxy) is 2. The Balaban J connectivity index is 0.00000272. The third-order valence-electron chi connectivity index (χ3n) is 6.15. The number of aliphatic imine (C=N–C) groups is 1. The molecule has 2 fully saturated rings. The number of benzene rings is 2. The van der Waals surface area contributed by atoms with Gasteiger partial charge < -0.3 is 25.0 Å². The first kappa shape index (κ1) is 23.5. The maximum absolute atomic E-state index is 5.42. The molecule has 2 aromatic carbocycles. The lowest BCUT2D eigenvalue weighted by Crippen LogP contribution is -2.45. The van der Waals surface area contributed by atoms with Crippen molar-refractivity contribution in [3.63, 3.8) is 0 Å². The maximum Gasteiger partial charge on any atom is 0.191 e. The Hall–Kier alpha value is -2.16. The molecule has 1 saturated heterocycles. The SMILES string of the molecule is CN=C(NC1CCN(c2cc(OC)cc(OC)c2)C1)NC1CC1c1ccccc1C.I. The van der Waals surface area contributed by atoms with Crippen LogP contribution in [-0.2, 0) is 0 Å². The Morgan fingerprint density at radius 3 is 2.42 bits per heavy atom. The Labute approximate surface area is 202 Å². The van der Waals surface area contributed by atoms with Crippen LogP contribution >= 0.6 is 24.0 Å². The highest BCUT2D eigenvalue weighted by Gasteiger charge is 2.40. The smallest absolute Gasteiger partial charge is 0.191 e. The summed E-state index contributed by atoms with van der Waals surface area (Å²) < 4.78 is 10.8. The number of halogens is 1. The molecule has 2 aromatic rings. The average molecular weight is 536 g/mol. The minimum Gasteiger partial charge on any atom is -0.497 e. The highest BCUT2D eigenvalue weighted by Crippen LogP contribution is 2.42. The van der Waals surface area contributed by atoms with Crippen LogP contribution in [0.15, 0.2) is 47.5 Å². The number of nitrogens with one attached hydrogen (secondary N) is 2. The lowest BCUT2D eigenvalue weighted by Gasteiger charge is -2.21. The van der Waals surface area contributed by atoms with E-state index in [0.717, 1.165) is 49.1 Å². The summed E-state index contributed by atoms with van der Waals surface area (Å²) in [5.74, 6) is 3.10. The summed E-state index contributed by atoms with van der Waals surface area (Å²) in [6, 6.07) is 15.5. The molecule has 2 aliphatic rings. The van der Waals surface area contributed by atoms with Gasteiger partial charge in [0, 0.05) is 62.0 Å². The largest absolute Gasteiger partial charge is 0.497 e. The molecule has 6 nitrogen and oxygen atoms in total. The predicted octanol–water partition coefficient (Wildman–Crippen LogP) is 3.93. The number of rotatable bonds is 6. The zero-order valence-corrected chi connectivity index (χ0v) is 21.1. The Kier molecular flexibility index (Phi) is 7.91. The molecule has 1 aliphatic carbocycles. The molecule has 4 rings (SSSR count). The first-order chi connectivity index (χ1) is 14.6. The van der Waals surface area contributed by atoms with Gasteiger partial charge in [-0.1, -0.05) is 24.3 Å². The molecule has 168 valence electrons. The van der Waals surface area contributed by atoms with Crippen LogP contribution in [0.4, 0.5) is 5.69 Å². The van der Waals surface area contributed by atoms with E-state index in [4.69, 9.17) is 9.47 Å². The van der Waals surface area contributed by atoms with Crippen molar-refractivity contribution in [2.45, 2.75) is 37.8 Å². The van der Waals surface area contributed by atoms with Gasteiger partial charge in [-0.2, -0.15) is 0 Å². The molecule has 1 saturated carbocycles. The van der Waals surface area contributed by atoms with Crippen LogP contribution in [0.1, 0.15) is 29.9 Å². The lowest BCUT2D eigenvalue weighted by molar-refractivity contribution is 0.394. The maximum atomic E-state index is 5.42. The number of guanidine groups is 1. The van der Waals surface area contributed by atoms with Gasteiger partial charge in [-0.05, 0) is 30.9 Å². The van der Waals surface area contributed by atoms with Crippen molar-refractivity contribution in [3.8, 4) is 11.5 Å². The average Bonchev–Trinajstić information content (AvgIpc) is 3.37. The fraction of sp³-hybridized carbons (Fsp3) is 0.458. The summed E-state index contributed by atoms with van der Waals surface area (Å²) in [4.78, 5) is 6.84. The van der Waals surface area contributed by atoms with Crippen molar-refractivity contribution in [1.82, 2.24) is 10.6 Å². The first-order valence-electron chi connectivity index (χ1n) is 10.6. The van der Waals surface area contributed by atoms with Gasteiger partial charge in [0.1, 0.15) is 11.5 Å². The quantitative estimate of drug-likeness (QED) is 0.333. The van der Waals surface area contributed by atoms with Crippen molar-refractivity contribution in [2.24, 2.45) is 4.99 Å². The molecule has 1 heterocycles. The molecular weight excluding hydrogens is 503 g/mol. The molecule has 0 bridgehead atoms. The number of anilines is 1. The monoisotopic (exact) mass is 536 g/mol. The second kappa shape index (κ2) is 10.4. The molecule has 0 aromatic heterocycles. The second-order valence-corrected chi connectivity index (χ2v) is 8.17. The van der Waals surface area contributed by atoms with Gasteiger partial charge in [0.2, 0.25) is 0 Å². The summed E-state index contributed by atoms with van der Waals surface area (Å²) in [5, 5.41) is 7.23. The van der Waals surface area contributed by atoms with E-state index >= 15 is 0 Å². The van der Waals surface area contributed by atoms with Gasteiger partial charge in [0.25, 0.3) is 0 Å². The normalized spacial score (nSPS) is 22.5. The number of methoxy groups -OCH3 is 2. The summed E-state index contributed by atoms with van der Waals surface area (Å²) in [5.41, 5.74) is 3.94. The summed E-state index contributed by atoms with van der Waals surface area (Å²) in [6.07, 6.45) is 2.22. The minimum absolute atomic E-state index is 0. The van der Waals surface area contributed by atoms with Crippen LogP contribution in [0.25, 0.3) is 0 Å². The molecule has 3 atom stereocenters. The third kappa shape index (κ3) is 5.56. The van der Waals surface area contributed by atoms with Gasteiger partial charge in [0.15, 0.2) is 5.96 Å². The summed E-state index contributed by atoms with van der Waals surface area (Å²) in [7, 11) is 5.22. The topological polar surface area (TPSA) is 58.1 Å². The Bertz CT molecular complexity index is 898. The second-order valence-electron chi connectivity index (χ2n) is 8.17. The zero-order chi connectivity index (χ0) is 21.1. The number of aryl methyl sites for hydroxylation is 1. The van der Waals surface area contributed by atoms with E-state index < -0.39 is 0 Å². The first-order valence-corrected chi connectivity index (χ1v) is 10.6. The van der Waals surface area contributed by atoms with Gasteiger partial charge in [-0.15, -0.1) is 24.0 Å². The fourth-order valence-electron chi connectivity index (χ4n) is 4.33. The number of nitrogens with zero attached hydrogens (tertiary/aromatic N) is 2. The molecule has 31 heavy (non-hydrogen) atoms. The van der Waals surface area contributed by atoms with E-state index in [1.54, 1.807) is 14.2 Å². The Morgan fingerprint density at radius 1 is 1.06 bits per heavy atom. The molecule has 0 amide bonds. The molecular formula is C24H33IN4O2. The van der Waals surface area contributed by atoms with Crippen LogP contribution in [-0.4, -0.2) is 52.4 Å². The van der Waals surface area contributed by atoms with Crippen molar-refractivity contribution in [3.05, 3.63) is 53.6 Å². The van der Waals surface area contributed by atoms with Crippen LogP contribution in [0.2, 0.25) is 0 Å². The highest BCUT2D eigenvalue weighted by atomic mass is 127. The van der Waals surface area contributed by atoms with Crippen molar-refractivity contribution in [2.75, 3.05) is 39.3 Å². The molecule has 0 spiro atoms. The van der Waals surface area contributed by atoms with E-state index in [-0.39, 0.29) is 24.0 Å². The minimum atomic E-state index is 0. The number of hydrogen-bond acceptors (Lipinski definition) is 4. The van der Waals surface area contributed by atoms with Crippen molar-refractivity contribution < 1.29 is 9.47 Å². The van der Waals surface area contributed by atoms with Gasteiger partial charge in [0.05, 0.1) is 14.2 Å². The van der Waals surface area contributed by atoms with E-state index in [2.05, 4.69) is 63.8 Å². The molecule has 1 aliphatic heterocycles. The molecule has 0 radical (unpaired) electrons. The van der Waals surface area contributed by atoms with Crippen LogP contribution in [0, 0.1) is 6.92 Å². The van der Waals surface area contributed by atoms with Gasteiger partial charge in [-0.3, -0.25) is 4.99 Å². The van der Waals surface area contributed by atoms with Gasteiger partial charge >= 0.3 is 0 Å². The zero-order valence-electron chi connectivity index (χ0n) is 18.7. The van der Waals surface area contributed by atoms with Crippen LogP contribution in [0.5, 0.6) is 11.5 Å². The fourth-order valence-corrected chi connectivity index (χ4v) is 4.33. The summed E-state index contributed by atoms with van der Waals surface area (Å²) in [6.45, 7) is 4.10. The molecule has 3 unspecified atom stereocenters. The highest BCUT2D eigenvalue weighted by molar-refractivity contribution is 14.0. The van der Waals surface area contributed by atoms with E-state index in [1.165, 1.54) is 11.1 Å². The molecule has 2 N–H and O–H groups in total. The van der Waals surface area contributed by atoms with E-state index in [0.29, 0.717) is 18.0 Å². The van der Waals surface area contributed by atoms with Crippen LogP contribution in [0.3, 0.4) is 0 Å². The van der Waals surface area contributed by atoms with E-state index in [1.807, 2.05) is 13.1 Å². The molecule has 7 heteroatoms. The van der Waals surface area contributed by atoms with Gasteiger partial charge in [-0.25, -0.2) is 0 Å². The lowest BCUT2D eigenvalue weighted by atomic mass is 10.0. The number of hydrogen-bond donors (Lipinski definition) is 2. The third-order valence-corrected chi connectivity index (χ3v) is 6.15. The van der Waals surface area contributed by atoms with Crippen LogP contribution < -0.4 is 25.0 Å². The van der Waals surface area contributed by atoms with E-state index in [9.17, 15) is 0 Å². The van der Waals surface area contributed by atoms with Crippen molar-refractivity contribution in [1.29, 1.82) is 0 Å². The standard InChI is InChI=1S/C24H32N4O2.HI/c1-16-7-5-6-8-21(16)22-14-23(22)27-24(25-2)26-17-9-10-28(15-17)18-11-19(29-3)13-20(12-18)30-4;/h5-8,11-13,17,22-23H,9-10,14-15H2,1-4H3,(H2,25,26,27);1H.